The minimum Gasteiger partial charge on any atom is -0.481 e. The Labute approximate surface area is 199 Å². The number of rotatable bonds is 4. The van der Waals surface area contributed by atoms with Crippen molar-refractivity contribution in [1.82, 2.24) is 0 Å². The quantitative estimate of drug-likeness (QED) is 0.360. The fraction of sp³-hybridized carbons (Fsp3) is 0.167. The summed E-state index contributed by atoms with van der Waals surface area (Å²) in [5.41, 5.74) is -1.35. The Morgan fingerprint density at radius 1 is 1.06 bits per heavy atom. The number of carbonyl (C=O) groups is 1. The van der Waals surface area contributed by atoms with Crippen LogP contribution >= 0.6 is 15.9 Å². The number of fused-ring (bicyclic) bond motifs is 1. The number of hydrogen-bond acceptors (Lipinski definition) is 3. The predicted octanol–water partition coefficient (Wildman–Crippen LogP) is 7.11. The van der Waals surface area contributed by atoms with Gasteiger partial charge in [-0.05, 0) is 43.3 Å². The smallest absolute Gasteiger partial charge is 0.416 e. The third-order valence-electron chi connectivity index (χ3n) is 5.56. The lowest BCUT2D eigenvalue weighted by atomic mass is 9.88. The molecule has 3 aromatic carbocycles. The molecule has 1 N–H and O–H groups in total. The van der Waals surface area contributed by atoms with Crippen molar-refractivity contribution in [3.05, 3.63) is 93.5 Å². The molecule has 4 rings (SSSR count). The molecule has 0 amide bonds. The highest BCUT2D eigenvalue weighted by molar-refractivity contribution is 9.10. The Morgan fingerprint density at radius 2 is 1.74 bits per heavy atom. The molecule has 0 aromatic heterocycles. The first kappa shape index (κ1) is 23.9. The highest BCUT2D eigenvalue weighted by Crippen LogP contribution is 2.45. The van der Waals surface area contributed by atoms with E-state index in [2.05, 4.69) is 20.9 Å². The van der Waals surface area contributed by atoms with Crippen molar-refractivity contribution in [1.29, 1.82) is 0 Å². The lowest BCUT2D eigenvalue weighted by Crippen LogP contribution is -2.43. The van der Waals surface area contributed by atoms with Crippen molar-refractivity contribution in [2.75, 3.05) is 4.90 Å². The van der Waals surface area contributed by atoms with Crippen LogP contribution in [0.4, 0.5) is 33.3 Å². The molecular formula is C24H16BrF5N2O2. The zero-order chi connectivity index (χ0) is 24.8. The van der Waals surface area contributed by atoms with E-state index in [-0.39, 0.29) is 17.1 Å². The average molecular weight is 539 g/mol. The molecule has 3 aromatic rings. The van der Waals surface area contributed by atoms with Gasteiger partial charge in [0.1, 0.15) is 23.2 Å². The maximum atomic E-state index is 15.1. The SMILES string of the molecule is CC(C(=O)O)C1c2cccc(F)c2N=C(c2ccc(Br)cc2)N1c1cc(C(F)(F)F)ccc1F. The fourth-order valence-corrected chi connectivity index (χ4v) is 4.15. The van der Waals surface area contributed by atoms with Crippen LogP contribution in [0.2, 0.25) is 0 Å². The van der Waals surface area contributed by atoms with Gasteiger partial charge in [-0.25, -0.2) is 13.8 Å². The summed E-state index contributed by atoms with van der Waals surface area (Å²) in [6.45, 7) is 1.32. The summed E-state index contributed by atoms with van der Waals surface area (Å²) in [6, 6.07) is 10.9. The van der Waals surface area contributed by atoms with E-state index in [1.807, 2.05) is 0 Å². The van der Waals surface area contributed by atoms with Gasteiger partial charge >= 0.3 is 12.1 Å². The van der Waals surface area contributed by atoms with E-state index in [9.17, 15) is 27.5 Å². The van der Waals surface area contributed by atoms with E-state index in [1.54, 1.807) is 24.3 Å². The molecule has 0 radical (unpaired) electrons. The summed E-state index contributed by atoms with van der Waals surface area (Å²) < 4.78 is 71.0. The van der Waals surface area contributed by atoms with Crippen LogP contribution in [0.25, 0.3) is 0 Å². The largest absolute Gasteiger partial charge is 0.481 e. The molecule has 1 heterocycles. The standard InChI is InChI=1S/C24H16BrF5N2O2/c1-12(23(33)34)21-16-3-2-4-18(27)20(16)31-22(13-5-8-15(25)9-6-13)32(21)19-11-14(24(28,29)30)7-10-17(19)26/h2-12,21H,1H3,(H,33,34). The number of aliphatic imine (C=N–C) groups is 1. The summed E-state index contributed by atoms with van der Waals surface area (Å²) in [4.78, 5) is 17.5. The van der Waals surface area contributed by atoms with Crippen LogP contribution in [0, 0.1) is 17.6 Å². The van der Waals surface area contributed by atoms with Gasteiger partial charge in [0.15, 0.2) is 0 Å². The topological polar surface area (TPSA) is 52.9 Å². The number of carboxylic acids is 1. The first-order valence-corrected chi connectivity index (χ1v) is 10.8. The summed E-state index contributed by atoms with van der Waals surface area (Å²) in [7, 11) is 0. The first-order valence-electron chi connectivity index (χ1n) is 10.0. The van der Waals surface area contributed by atoms with E-state index in [0.29, 0.717) is 28.2 Å². The molecule has 0 bridgehead atoms. The van der Waals surface area contributed by atoms with Crippen LogP contribution < -0.4 is 4.90 Å². The van der Waals surface area contributed by atoms with Crippen LogP contribution in [0.1, 0.15) is 29.7 Å². The molecule has 34 heavy (non-hydrogen) atoms. The molecule has 4 nitrogen and oxygen atoms in total. The van der Waals surface area contributed by atoms with Crippen LogP contribution in [0.15, 0.2) is 70.1 Å². The highest BCUT2D eigenvalue weighted by Gasteiger charge is 2.41. The van der Waals surface area contributed by atoms with Crippen molar-refractivity contribution in [3.8, 4) is 0 Å². The second-order valence-electron chi connectivity index (χ2n) is 7.73. The minimum absolute atomic E-state index is 0.0820. The minimum atomic E-state index is -4.77. The van der Waals surface area contributed by atoms with E-state index in [4.69, 9.17) is 0 Å². The molecule has 10 heteroatoms. The van der Waals surface area contributed by atoms with Gasteiger partial charge in [0, 0.05) is 15.6 Å². The number of aliphatic carboxylic acids is 1. The molecule has 1 aliphatic rings. The van der Waals surface area contributed by atoms with Crippen LogP contribution in [0.5, 0.6) is 0 Å². The molecule has 0 aliphatic carbocycles. The Kier molecular flexibility index (Phi) is 6.20. The first-order chi connectivity index (χ1) is 16.0. The summed E-state index contributed by atoms with van der Waals surface area (Å²) >= 11 is 3.29. The van der Waals surface area contributed by atoms with E-state index >= 15 is 4.39 Å². The van der Waals surface area contributed by atoms with Crippen molar-refractivity contribution < 1.29 is 31.9 Å². The van der Waals surface area contributed by atoms with Gasteiger partial charge in [0.2, 0.25) is 0 Å². The molecule has 0 saturated heterocycles. The molecule has 0 spiro atoms. The van der Waals surface area contributed by atoms with Crippen molar-refractivity contribution in [2.45, 2.75) is 19.1 Å². The van der Waals surface area contributed by atoms with E-state index in [1.165, 1.54) is 19.1 Å². The third kappa shape index (κ3) is 4.29. The van der Waals surface area contributed by atoms with Gasteiger partial charge < -0.3 is 10.0 Å². The molecule has 2 unspecified atom stereocenters. The predicted molar refractivity (Wildman–Crippen MR) is 120 cm³/mol. The van der Waals surface area contributed by atoms with Gasteiger partial charge in [0.05, 0.1) is 23.2 Å². The van der Waals surface area contributed by atoms with Crippen molar-refractivity contribution in [3.63, 3.8) is 0 Å². The van der Waals surface area contributed by atoms with Gasteiger partial charge in [-0.1, -0.05) is 40.2 Å². The van der Waals surface area contributed by atoms with E-state index in [0.717, 1.165) is 11.0 Å². The summed E-state index contributed by atoms with van der Waals surface area (Å²) in [5.74, 6) is -4.40. The number of alkyl halides is 3. The maximum absolute atomic E-state index is 15.1. The number of halogens is 6. The van der Waals surface area contributed by atoms with Crippen LogP contribution in [-0.4, -0.2) is 16.9 Å². The number of nitrogens with zero attached hydrogens (tertiary/aromatic N) is 2. The van der Waals surface area contributed by atoms with Gasteiger partial charge in [-0.15, -0.1) is 0 Å². The second kappa shape index (κ2) is 8.83. The number of amidine groups is 1. The van der Waals surface area contributed by atoms with Crippen LogP contribution in [0.3, 0.4) is 0 Å². The maximum Gasteiger partial charge on any atom is 0.416 e. The van der Waals surface area contributed by atoms with Crippen molar-refractivity contribution >= 4 is 39.1 Å². The zero-order valence-electron chi connectivity index (χ0n) is 17.4. The Balaban J connectivity index is 2.06. The van der Waals surface area contributed by atoms with E-state index < -0.39 is 47.0 Å². The number of anilines is 1. The zero-order valence-corrected chi connectivity index (χ0v) is 19.0. The third-order valence-corrected chi connectivity index (χ3v) is 6.09. The number of para-hydroxylation sites is 1. The van der Waals surface area contributed by atoms with Gasteiger partial charge in [-0.3, -0.25) is 4.79 Å². The molecular weight excluding hydrogens is 523 g/mol. The summed E-state index contributed by atoms with van der Waals surface area (Å²) in [5, 5.41) is 9.80. The molecule has 0 fully saturated rings. The Hall–Kier alpha value is -3.27. The number of benzene rings is 3. The van der Waals surface area contributed by atoms with Gasteiger partial charge in [0.25, 0.3) is 0 Å². The number of carboxylic acid groups (broad SMARTS) is 1. The Morgan fingerprint density at radius 3 is 2.35 bits per heavy atom. The fourth-order valence-electron chi connectivity index (χ4n) is 3.89. The second-order valence-corrected chi connectivity index (χ2v) is 8.64. The van der Waals surface area contributed by atoms with Crippen LogP contribution in [-0.2, 0) is 11.0 Å². The van der Waals surface area contributed by atoms with Crippen molar-refractivity contribution in [2.24, 2.45) is 10.9 Å². The molecule has 176 valence electrons. The molecule has 2 atom stereocenters. The lowest BCUT2D eigenvalue weighted by Gasteiger charge is -2.40. The monoisotopic (exact) mass is 538 g/mol. The Bertz CT molecular complexity index is 1290. The average Bonchev–Trinajstić information content (AvgIpc) is 2.78. The normalized spacial score (nSPS) is 16.6. The summed E-state index contributed by atoms with van der Waals surface area (Å²) in [6.07, 6.45) is -4.77. The highest BCUT2D eigenvalue weighted by atomic mass is 79.9. The number of hydrogen-bond donors (Lipinski definition) is 1. The molecule has 0 saturated carbocycles. The molecule has 1 aliphatic heterocycles. The lowest BCUT2D eigenvalue weighted by molar-refractivity contribution is -0.142. The van der Waals surface area contributed by atoms with Gasteiger partial charge in [-0.2, -0.15) is 13.2 Å².